The Labute approximate surface area is 98.2 Å². The highest BCUT2D eigenvalue weighted by Crippen LogP contribution is 2.28. The van der Waals surface area contributed by atoms with E-state index < -0.39 is 0 Å². The minimum atomic E-state index is 1.00. The number of hydrogen-bond donors (Lipinski definition) is 0. The van der Waals surface area contributed by atoms with Crippen molar-refractivity contribution in [2.75, 3.05) is 0 Å². The van der Waals surface area contributed by atoms with Crippen molar-refractivity contribution in [1.29, 1.82) is 0 Å². The molecule has 0 radical (unpaired) electrons. The fourth-order valence-electron chi connectivity index (χ4n) is 1.71. The summed E-state index contributed by atoms with van der Waals surface area (Å²) in [7, 11) is 0. The predicted octanol–water partition coefficient (Wildman–Crippen LogP) is 5.83. The first kappa shape index (κ1) is 17.1. The number of hydrogen-bond acceptors (Lipinski definition) is 0. The lowest BCUT2D eigenvalue weighted by molar-refractivity contribution is 0.277. The first-order valence-electron chi connectivity index (χ1n) is 6.83. The third kappa shape index (κ3) is 11.7. The van der Waals surface area contributed by atoms with Gasteiger partial charge in [0.1, 0.15) is 0 Å². The average Bonchev–Trinajstić information content (AvgIpc) is 2.27. The minimum absolute atomic E-state index is 1.00. The van der Waals surface area contributed by atoms with Crippen molar-refractivity contribution < 1.29 is 0 Å². The molecular formula is C15H32. The van der Waals surface area contributed by atoms with Crippen LogP contribution in [0.2, 0.25) is 0 Å². The third-order valence-electron chi connectivity index (χ3n) is 3.03. The lowest BCUT2D eigenvalue weighted by Crippen LogP contribution is -2.12. The summed E-state index contributed by atoms with van der Waals surface area (Å²) in [5, 5.41) is 0. The summed E-state index contributed by atoms with van der Waals surface area (Å²) in [5.74, 6) is 2.01. The van der Waals surface area contributed by atoms with Crippen LogP contribution in [0.25, 0.3) is 0 Å². The lowest BCUT2D eigenvalue weighted by Gasteiger charge is -2.24. The predicted molar refractivity (Wildman–Crippen MR) is 73.2 cm³/mol. The van der Waals surface area contributed by atoms with Gasteiger partial charge in [0.05, 0.1) is 0 Å². The maximum Gasteiger partial charge on any atom is -0.0356 e. The van der Waals surface area contributed by atoms with Crippen molar-refractivity contribution in [3.63, 3.8) is 0 Å². The molecule has 2 unspecified atom stereocenters. The van der Waals surface area contributed by atoms with Gasteiger partial charge in [-0.3, -0.25) is 0 Å². The van der Waals surface area contributed by atoms with Crippen molar-refractivity contribution in [3.05, 3.63) is 12.7 Å². The van der Waals surface area contributed by atoms with Gasteiger partial charge in [-0.05, 0) is 18.3 Å². The van der Waals surface area contributed by atoms with E-state index in [2.05, 4.69) is 27.4 Å². The van der Waals surface area contributed by atoms with Gasteiger partial charge in [-0.2, -0.15) is 0 Å². The normalized spacial score (nSPS) is 24.1. The quantitative estimate of drug-likeness (QED) is 0.505. The molecule has 0 bridgehead atoms. The van der Waals surface area contributed by atoms with Crippen molar-refractivity contribution in [1.82, 2.24) is 0 Å². The Kier molecular flexibility index (Phi) is 15.7. The van der Waals surface area contributed by atoms with E-state index in [1.807, 2.05) is 19.9 Å². The molecule has 0 spiro atoms. The fourth-order valence-corrected chi connectivity index (χ4v) is 1.71. The van der Waals surface area contributed by atoms with Crippen LogP contribution in [0.5, 0.6) is 0 Å². The standard InChI is InChI=1S/C8H16.C5H10.C2H6/c1-7-5-3-4-6-8(7)2;1-3-5-4-2;1-2/h7-8H,3-6H2,1-2H3;3H,1,4-5H2,2H3;1-2H3. The smallest absolute Gasteiger partial charge is 0.0356 e. The molecule has 1 rings (SSSR count). The van der Waals surface area contributed by atoms with Crippen molar-refractivity contribution in [3.8, 4) is 0 Å². The Bertz CT molecular complexity index is 105. The molecule has 0 aromatic rings. The van der Waals surface area contributed by atoms with Crippen LogP contribution in [0.15, 0.2) is 12.7 Å². The van der Waals surface area contributed by atoms with E-state index in [0.717, 1.165) is 18.3 Å². The maximum atomic E-state index is 3.55. The highest BCUT2D eigenvalue weighted by molar-refractivity contribution is 4.67. The van der Waals surface area contributed by atoms with Gasteiger partial charge in [0.25, 0.3) is 0 Å². The Morgan fingerprint density at radius 2 is 1.47 bits per heavy atom. The summed E-state index contributed by atoms with van der Waals surface area (Å²) >= 11 is 0. The molecule has 0 amide bonds. The van der Waals surface area contributed by atoms with Gasteiger partial charge in [0.15, 0.2) is 0 Å². The number of rotatable bonds is 2. The Morgan fingerprint density at radius 1 is 1.07 bits per heavy atom. The van der Waals surface area contributed by atoms with E-state index in [9.17, 15) is 0 Å². The second-order valence-electron chi connectivity index (χ2n) is 4.32. The lowest BCUT2D eigenvalue weighted by atomic mass is 9.82. The number of unbranched alkanes of at least 4 members (excludes halogenated alkanes) is 1. The van der Waals surface area contributed by atoms with Crippen LogP contribution in [0.1, 0.15) is 73.1 Å². The summed E-state index contributed by atoms with van der Waals surface area (Å²) < 4.78 is 0. The van der Waals surface area contributed by atoms with Crippen LogP contribution in [0.3, 0.4) is 0 Å². The van der Waals surface area contributed by atoms with Gasteiger partial charge in [0.2, 0.25) is 0 Å². The van der Waals surface area contributed by atoms with Gasteiger partial charge in [-0.1, -0.05) is 72.8 Å². The zero-order chi connectivity index (χ0) is 12.1. The molecule has 0 heteroatoms. The highest BCUT2D eigenvalue weighted by atomic mass is 14.2. The molecule has 0 aromatic heterocycles. The van der Waals surface area contributed by atoms with Crippen LogP contribution >= 0.6 is 0 Å². The van der Waals surface area contributed by atoms with Gasteiger partial charge in [-0.25, -0.2) is 0 Å². The van der Waals surface area contributed by atoms with Crippen LogP contribution < -0.4 is 0 Å². The molecule has 2 atom stereocenters. The first-order valence-corrected chi connectivity index (χ1v) is 6.83. The van der Waals surface area contributed by atoms with E-state index in [0.29, 0.717) is 0 Å². The van der Waals surface area contributed by atoms with Crippen LogP contribution in [0, 0.1) is 11.8 Å². The molecule has 0 saturated heterocycles. The summed E-state index contributed by atoms with van der Waals surface area (Å²) in [6, 6.07) is 0. The van der Waals surface area contributed by atoms with Crippen molar-refractivity contribution >= 4 is 0 Å². The van der Waals surface area contributed by atoms with Crippen molar-refractivity contribution in [2.45, 2.75) is 73.1 Å². The topological polar surface area (TPSA) is 0 Å². The van der Waals surface area contributed by atoms with Crippen molar-refractivity contribution in [2.24, 2.45) is 11.8 Å². The van der Waals surface area contributed by atoms with E-state index >= 15 is 0 Å². The van der Waals surface area contributed by atoms with Gasteiger partial charge < -0.3 is 0 Å². The van der Waals surface area contributed by atoms with Gasteiger partial charge in [-0.15, -0.1) is 6.58 Å². The fraction of sp³-hybridized carbons (Fsp3) is 0.867. The highest BCUT2D eigenvalue weighted by Gasteiger charge is 2.15. The molecule has 1 fully saturated rings. The third-order valence-corrected chi connectivity index (χ3v) is 3.03. The molecule has 0 N–H and O–H groups in total. The second kappa shape index (κ2) is 13.7. The zero-order valence-electron chi connectivity index (χ0n) is 11.7. The van der Waals surface area contributed by atoms with E-state index in [1.54, 1.807) is 0 Å². The number of allylic oxidation sites excluding steroid dienone is 1. The maximum absolute atomic E-state index is 3.55. The molecule has 0 heterocycles. The van der Waals surface area contributed by atoms with Gasteiger partial charge >= 0.3 is 0 Å². The average molecular weight is 212 g/mol. The monoisotopic (exact) mass is 212 g/mol. The molecular weight excluding hydrogens is 180 g/mol. The molecule has 15 heavy (non-hydrogen) atoms. The zero-order valence-corrected chi connectivity index (χ0v) is 11.7. The molecule has 0 nitrogen and oxygen atoms in total. The largest absolute Gasteiger partial charge is 0.103 e. The molecule has 1 aliphatic carbocycles. The summed E-state index contributed by atoms with van der Waals surface area (Å²) in [6.45, 7) is 14.4. The molecule has 1 saturated carbocycles. The summed E-state index contributed by atoms with van der Waals surface area (Å²) in [5.41, 5.74) is 0. The summed E-state index contributed by atoms with van der Waals surface area (Å²) in [4.78, 5) is 0. The van der Waals surface area contributed by atoms with Gasteiger partial charge in [0, 0.05) is 0 Å². The molecule has 0 aromatic carbocycles. The first-order chi connectivity index (χ1) is 7.22. The Balaban J connectivity index is 0. The minimum Gasteiger partial charge on any atom is -0.103 e. The van der Waals surface area contributed by atoms with E-state index in [-0.39, 0.29) is 0 Å². The SMILES string of the molecule is C=CCCC.CC.CC1CCCCC1C. The van der Waals surface area contributed by atoms with Crippen LogP contribution in [-0.4, -0.2) is 0 Å². The summed E-state index contributed by atoms with van der Waals surface area (Å²) in [6.07, 6.45) is 10.2. The second-order valence-corrected chi connectivity index (χ2v) is 4.32. The van der Waals surface area contributed by atoms with E-state index in [4.69, 9.17) is 0 Å². The molecule has 0 aliphatic heterocycles. The molecule has 1 aliphatic rings. The molecule has 92 valence electrons. The van der Waals surface area contributed by atoms with E-state index in [1.165, 1.54) is 32.1 Å². The Morgan fingerprint density at radius 3 is 1.60 bits per heavy atom. The van der Waals surface area contributed by atoms with Crippen LogP contribution in [-0.2, 0) is 0 Å². The Hall–Kier alpha value is -0.260. The van der Waals surface area contributed by atoms with Crippen LogP contribution in [0.4, 0.5) is 0 Å².